The molecule has 4 nitrogen and oxygen atoms in total. The number of carbonyl (C=O) groups is 1. The lowest BCUT2D eigenvalue weighted by molar-refractivity contribution is 0.102. The second-order valence-corrected chi connectivity index (χ2v) is 6.49. The van der Waals surface area contributed by atoms with Crippen LogP contribution >= 0.6 is 27.3 Å². The first kappa shape index (κ1) is 14.9. The minimum atomic E-state index is -0.208. The van der Waals surface area contributed by atoms with Gasteiger partial charge in [-0.2, -0.15) is 0 Å². The first-order valence-electron chi connectivity index (χ1n) is 6.60. The number of amides is 1. The van der Waals surface area contributed by atoms with Gasteiger partial charge in [0.15, 0.2) is 0 Å². The Balaban J connectivity index is 1.82. The van der Waals surface area contributed by atoms with Crippen LogP contribution in [0.2, 0.25) is 0 Å². The van der Waals surface area contributed by atoms with Crippen LogP contribution in [0.3, 0.4) is 0 Å². The van der Waals surface area contributed by atoms with Gasteiger partial charge in [0.25, 0.3) is 5.91 Å². The normalized spacial score (nSPS) is 10.5. The zero-order valence-corrected chi connectivity index (χ0v) is 14.1. The van der Waals surface area contributed by atoms with Gasteiger partial charge in [-0.05, 0) is 40.5 Å². The molecule has 0 aliphatic heterocycles. The molecule has 3 rings (SSSR count). The standard InChI is InChI=1S/C16H12BrN3OS/c1-10-6-2-3-7-11(10)15-19-20-16(22-15)18-14(21)12-8-4-5-9-13(12)17/h2-9H,1H3,(H,18,20,21). The van der Waals surface area contributed by atoms with E-state index in [1.54, 1.807) is 6.07 Å². The highest BCUT2D eigenvalue weighted by molar-refractivity contribution is 9.10. The van der Waals surface area contributed by atoms with Crippen LogP contribution in [0.1, 0.15) is 15.9 Å². The van der Waals surface area contributed by atoms with E-state index in [4.69, 9.17) is 0 Å². The van der Waals surface area contributed by atoms with Crippen molar-refractivity contribution in [2.24, 2.45) is 0 Å². The fourth-order valence-electron chi connectivity index (χ4n) is 2.01. The van der Waals surface area contributed by atoms with Crippen molar-refractivity contribution in [2.45, 2.75) is 6.92 Å². The van der Waals surface area contributed by atoms with Gasteiger partial charge in [-0.1, -0.05) is 47.7 Å². The molecule has 0 saturated heterocycles. The lowest BCUT2D eigenvalue weighted by atomic mass is 10.1. The van der Waals surface area contributed by atoms with E-state index in [1.165, 1.54) is 11.3 Å². The van der Waals surface area contributed by atoms with Crippen molar-refractivity contribution in [3.05, 3.63) is 64.1 Å². The van der Waals surface area contributed by atoms with Crippen molar-refractivity contribution in [3.63, 3.8) is 0 Å². The van der Waals surface area contributed by atoms with Crippen molar-refractivity contribution >= 4 is 38.3 Å². The smallest absolute Gasteiger partial charge is 0.258 e. The van der Waals surface area contributed by atoms with E-state index in [1.807, 2.05) is 49.4 Å². The zero-order chi connectivity index (χ0) is 15.5. The summed E-state index contributed by atoms with van der Waals surface area (Å²) in [6.07, 6.45) is 0. The third-order valence-corrected chi connectivity index (χ3v) is 4.70. The third-order valence-electron chi connectivity index (χ3n) is 3.14. The Kier molecular flexibility index (Phi) is 4.31. The first-order valence-corrected chi connectivity index (χ1v) is 8.21. The second kappa shape index (κ2) is 6.37. The fraction of sp³-hybridized carbons (Fsp3) is 0.0625. The lowest BCUT2D eigenvalue weighted by Gasteiger charge is -2.03. The number of aryl methyl sites for hydroxylation is 1. The SMILES string of the molecule is Cc1ccccc1-c1nnc(NC(=O)c2ccccc2Br)s1. The number of carbonyl (C=O) groups excluding carboxylic acids is 1. The average molecular weight is 374 g/mol. The van der Waals surface area contributed by atoms with Crippen molar-refractivity contribution < 1.29 is 4.79 Å². The highest BCUT2D eigenvalue weighted by Crippen LogP contribution is 2.29. The number of rotatable bonds is 3. The van der Waals surface area contributed by atoms with Crippen LogP contribution in [0.5, 0.6) is 0 Å². The number of nitrogens with zero attached hydrogens (tertiary/aromatic N) is 2. The molecule has 0 bridgehead atoms. The molecule has 0 atom stereocenters. The molecule has 110 valence electrons. The highest BCUT2D eigenvalue weighted by atomic mass is 79.9. The van der Waals surface area contributed by atoms with Crippen LogP contribution in [-0.2, 0) is 0 Å². The Labute approximate surface area is 140 Å². The Morgan fingerprint density at radius 3 is 2.59 bits per heavy atom. The molecule has 1 N–H and O–H groups in total. The molecule has 3 aromatic rings. The van der Waals surface area contributed by atoms with Crippen LogP contribution in [0.15, 0.2) is 53.0 Å². The molecule has 0 fully saturated rings. The summed E-state index contributed by atoms with van der Waals surface area (Å²) >= 11 is 4.73. The summed E-state index contributed by atoms with van der Waals surface area (Å²) in [7, 11) is 0. The van der Waals surface area contributed by atoms with E-state index in [2.05, 4.69) is 31.4 Å². The predicted molar refractivity (Wildman–Crippen MR) is 92.2 cm³/mol. The van der Waals surface area contributed by atoms with Crippen molar-refractivity contribution in [3.8, 4) is 10.6 Å². The van der Waals surface area contributed by atoms with E-state index < -0.39 is 0 Å². The quantitative estimate of drug-likeness (QED) is 0.733. The topological polar surface area (TPSA) is 54.9 Å². The molecule has 0 radical (unpaired) electrons. The number of hydrogen-bond donors (Lipinski definition) is 1. The van der Waals surface area contributed by atoms with E-state index in [9.17, 15) is 4.79 Å². The maximum atomic E-state index is 12.2. The average Bonchev–Trinajstić information content (AvgIpc) is 2.96. The van der Waals surface area contributed by atoms with Crippen LogP contribution in [0.4, 0.5) is 5.13 Å². The van der Waals surface area contributed by atoms with Gasteiger partial charge in [-0.15, -0.1) is 10.2 Å². The number of anilines is 1. The van der Waals surface area contributed by atoms with Gasteiger partial charge < -0.3 is 0 Å². The third kappa shape index (κ3) is 3.08. The monoisotopic (exact) mass is 373 g/mol. The van der Waals surface area contributed by atoms with Gasteiger partial charge in [0, 0.05) is 10.0 Å². The molecule has 0 saturated carbocycles. The van der Waals surface area contributed by atoms with Crippen molar-refractivity contribution in [1.82, 2.24) is 10.2 Å². The van der Waals surface area contributed by atoms with Crippen LogP contribution in [0.25, 0.3) is 10.6 Å². The molecule has 0 aliphatic carbocycles. The zero-order valence-electron chi connectivity index (χ0n) is 11.7. The number of aromatic nitrogens is 2. The van der Waals surface area contributed by atoms with Gasteiger partial charge >= 0.3 is 0 Å². The molecule has 2 aromatic carbocycles. The van der Waals surface area contributed by atoms with E-state index in [0.717, 1.165) is 20.6 Å². The summed E-state index contributed by atoms with van der Waals surface area (Å²) < 4.78 is 0.746. The lowest BCUT2D eigenvalue weighted by Crippen LogP contribution is -2.12. The summed E-state index contributed by atoms with van der Waals surface area (Å²) in [6.45, 7) is 2.02. The molecule has 22 heavy (non-hydrogen) atoms. The fourth-order valence-corrected chi connectivity index (χ4v) is 3.30. The van der Waals surface area contributed by atoms with Gasteiger partial charge in [0.1, 0.15) is 5.01 Å². The maximum Gasteiger partial charge on any atom is 0.258 e. The number of halogens is 1. The van der Waals surface area contributed by atoms with Crippen LogP contribution < -0.4 is 5.32 Å². The molecule has 0 aliphatic rings. The molecule has 1 amide bonds. The van der Waals surface area contributed by atoms with Gasteiger partial charge in [-0.3, -0.25) is 10.1 Å². The maximum absolute atomic E-state index is 12.2. The van der Waals surface area contributed by atoms with Crippen LogP contribution in [-0.4, -0.2) is 16.1 Å². The molecule has 0 spiro atoms. The summed E-state index contributed by atoms with van der Waals surface area (Å²) in [4.78, 5) is 12.2. The Bertz CT molecular complexity index is 832. The second-order valence-electron chi connectivity index (χ2n) is 4.66. The summed E-state index contributed by atoms with van der Waals surface area (Å²) in [5.41, 5.74) is 2.72. The summed E-state index contributed by atoms with van der Waals surface area (Å²) in [6, 6.07) is 15.2. The van der Waals surface area contributed by atoms with Crippen molar-refractivity contribution in [2.75, 3.05) is 5.32 Å². The first-order chi connectivity index (χ1) is 10.6. The van der Waals surface area contributed by atoms with E-state index in [-0.39, 0.29) is 5.91 Å². The summed E-state index contributed by atoms with van der Waals surface area (Å²) in [5, 5.41) is 12.3. The highest BCUT2D eigenvalue weighted by Gasteiger charge is 2.13. The molecular weight excluding hydrogens is 362 g/mol. The van der Waals surface area contributed by atoms with Gasteiger partial charge in [0.05, 0.1) is 5.56 Å². The van der Waals surface area contributed by atoms with Gasteiger partial charge in [-0.25, -0.2) is 0 Å². The molecule has 1 aromatic heterocycles. The minimum absolute atomic E-state index is 0.208. The van der Waals surface area contributed by atoms with E-state index in [0.29, 0.717) is 10.7 Å². The number of nitrogens with one attached hydrogen (secondary N) is 1. The molecule has 1 heterocycles. The number of benzene rings is 2. The molecule has 0 unspecified atom stereocenters. The Hall–Kier alpha value is -2.05. The molecular formula is C16H12BrN3OS. The predicted octanol–water partition coefficient (Wildman–Crippen LogP) is 4.53. The van der Waals surface area contributed by atoms with Crippen LogP contribution in [0, 0.1) is 6.92 Å². The number of hydrogen-bond acceptors (Lipinski definition) is 4. The largest absolute Gasteiger partial charge is 0.296 e. The van der Waals surface area contributed by atoms with Crippen molar-refractivity contribution in [1.29, 1.82) is 0 Å². The minimum Gasteiger partial charge on any atom is -0.296 e. The summed E-state index contributed by atoms with van der Waals surface area (Å²) in [5.74, 6) is -0.208. The van der Waals surface area contributed by atoms with Gasteiger partial charge in [0.2, 0.25) is 5.13 Å². The molecule has 6 heteroatoms. The Morgan fingerprint density at radius 1 is 1.09 bits per heavy atom. The Morgan fingerprint density at radius 2 is 1.82 bits per heavy atom. The van der Waals surface area contributed by atoms with E-state index >= 15 is 0 Å².